The highest BCUT2D eigenvalue weighted by Gasteiger charge is 2.14. The van der Waals surface area contributed by atoms with Crippen LogP contribution >= 0.6 is 0 Å². The van der Waals surface area contributed by atoms with Crippen LogP contribution in [0.5, 0.6) is 0 Å². The Hall–Kier alpha value is -3.57. The van der Waals surface area contributed by atoms with E-state index in [0.29, 0.717) is 0 Å². The Labute approximate surface area is 156 Å². The second-order valence-electron chi connectivity index (χ2n) is 6.47. The van der Waals surface area contributed by atoms with Gasteiger partial charge in [-0.1, -0.05) is 42.5 Å². The molecule has 1 unspecified atom stereocenters. The topological polar surface area (TPSA) is 69.1 Å². The Morgan fingerprint density at radius 2 is 1.63 bits per heavy atom. The van der Waals surface area contributed by atoms with Gasteiger partial charge in [0.15, 0.2) is 5.65 Å². The molecule has 5 heteroatoms. The molecule has 5 nitrogen and oxygen atoms in total. The standard InChI is InChI=1S/C22H17N5/c23-22(18-7-3-4-12-24-18)19-10-11-21-25-14-20(27(21)26-19)17-9-8-15-5-1-2-6-16(15)13-17/h1-14,22H,23H2. The smallest absolute Gasteiger partial charge is 0.154 e. The maximum absolute atomic E-state index is 6.38. The Morgan fingerprint density at radius 3 is 2.48 bits per heavy atom. The summed E-state index contributed by atoms with van der Waals surface area (Å²) in [6.07, 6.45) is 3.59. The van der Waals surface area contributed by atoms with Gasteiger partial charge in [0.2, 0.25) is 0 Å². The van der Waals surface area contributed by atoms with E-state index in [4.69, 9.17) is 10.8 Å². The number of imidazole rings is 1. The Kier molecular flexibility index (Phi) is 3.66. The monoisotopic (exact) mass is 351 g/mol. The van der Waals surface area contributed by atoms with Crippen molar-refractivity contribution < 1.29 is 0 Å². The van der Waals surface area contributed by atoms with Gasteiger partial charge in [-0.05, 0) is 41.1 Å². The zero-order valence-corrected chi connectivity index (χ0v) is 14.5. The first kappa shape index (κ1) is 15.7. The van der Waals surface area contributed by atoms with E-state index in [9.17, 15) is 0 Å². The predicted octanol–water partition coefficient (Wildman–Crippen LogP) is 3.99. The Bertz CT molecular complexity index is 1240. The molecular weight excluding hydrogens is 334 g/mol. The second kappa shape index (κ2) is 6.30. The van der Waals surface area contributed by atoms with Crippen LogP contribution in [0.25, 0.3) is 27.7 Å². The fourth-order valence-electron chi connectivity index (χ4n) is 3.31. The summed E-state index contributed by atoms with van der Waals surface area (Å²) in [5.41, 5.74) is 10.7. The van der Waals surface area contributed by atoms with Crippen molar-refractivity contribution >= 4 is 16.4 Å². The highest BCUT2D eigenvalue weighted by molar-refractivity contribution is 5.87. The summed E-state index contributed by atoms with van der Waals surface area (Å²) in [6, 6.07) is 23.9. The van der Waals surface area contributed by atoms with Gasteiger partial charge >= 0.3 is 0 Å². The normalized spacial score (nSPS) is 12.5. The van der Waals surface area contributed by atoms with Crippen LogP contribution in [0.1, 0.15) is 17.4 Å². The van der Waals surface area contributed by atoms with E-state index >= 15 is 0 Å². The third-order valence-corrected chi connectivity index (χ3v) is 4.75. The van der Waals surface area contributed by atoms with Gasteiger partial charge in [-0.15, -0.1) is 0 Å². The van der Waals surface area contributed by atoms with Gasteiger partial charge in [0.25, 0.3) is 0 Å². The van der Waals surface area contributed by atoms with Crippen molar-refractivity contribution in [1.29, 1.82) is 0 Å². The molecule has 1 atom stereocenters. The van der Waals surface area contributed by atoms with E-state index in [0.717, 1.165) is 28.3 Å². The van der Waals surface area contributed by atoms with E-state index in [1.54, 1.807) is 6.20 Å². The number of nitrogens with zero attached hydrogens (tertiary/aromatic N) is 4. The highest BCUT2D eigenvalue weighted by atomic mass is 15.3. The molecule has 130 valence electrons. The van der Waals surface area contributed by atoms with E-state index in [1.165, 1.54) is 10.8 Å². The summed E-state index contributed by atoms with van der Waals surface area (Å²) in [4.78, 5) is 8.84. The van der Waals surface area contributed by atoms with E-state index < -0.39 is 0 Å². The molecule has 0 aliphatic rings. The summed E-state index contributed by atoms with van der Waals surface area (Å²) in [7, 11) is 0. The molecule has 0 radical (unpaired) electrons. The SMILES string of the molecule is NC(c1ccccn1)c1ccc2ncc(-c3ccc4ccccc4c3)n2n1. The van der Waals surface area contributed by atoms with Crippen LogP contribution in [-0.4, -0.2) is 19.6 Å². The lowest BCUT2D eigenvalue weighted by Crippen LogP contribution is -2.16. The number of nitrogens with two attached hydrogens (primary N) is 1. The van der Waals surface area contributed by atoms with Crippen molar-refractivity contribution in [1.82, 2.24) is 19.6 Å². The van der Waals surface area contributed by atoms with Gasteiger partial charge in [-0.3, -0.25) is 4.98 Å². The summed E-state index contributed by atoms with van der Waals surface area (Å²) in [5, 5.41) is 7.15. The van der Waals surface area contributed by atoms with Gasteiger partial charge in [-0.25, -0.2) is 9.50 Å². The minimum atomic E-state index is -0.387. The van der Waals surface area contributed by atoms with Gasteiger partial charge in [0.1, 0.15) is 0 Å². The van der Waals surface area contributed by atoms with Crippen LogP contribution in [0.3, 0.4) is 0 Å². The maximum atomic E-state index is 6.38. The first-order valence-corrected chi connectivity index (χ1v) is 8.80. The van der Waals surface area contributed by atoms with Crippen molar-refractivity contribution in [3.05, 3.63) is 96.6 Å². The van der Waals surface area contributed by atoms with E-state index in [1.807, 2.05) is 53.2 Å². The second-order valence-corrected chi connectivity index (χ2v) is 6.47. The number of hydrogen-bond donors (Lipinski definition) is 1. The summed E-state index contributed by atoms with van der Waals surface area (Å²) in [5.74, 6) is 0. The van der Waals surface area contributed by atoms with Gasteiger partial charge in [0, 0.05) is 11.8 Å². The predicted molar refractivity (Wildman–Crippen MR) is 106 cm³/mol. The quantitative estimate of drug-likeness (QED) is 0.533. The van der Waals surface area contributed by atoms with E-state index in [-0.39, 0.29) is 6.04 Å². The highest BCUT2D eigenvalue weighted by Crippen LogP contribution is 2.25. The van der Waals surface area contributed by atoms with Crippen LogP contribution < -0.4 is 5.73 Å². The van der Waals surface area contributed by atoms with E-state index in [2.05, 4.69) is 40.3 Å². The zero-order chi connectivity index (χ0) is 18.2. The number of fused-ring (bicyclic) bond motifs is 2. The third-order valence-electron chi connectivity index (χ3n) is 4.75. The Balaban J connectivity index is 1.62. The molecule has 0 saturated heterocycles. The molecule has 0 bridgehead atoms. The number of pyridine rings is 1. The Morgan fingerprint density at radius 1 is 0.778 bits per heavy atom. The molecule has 0 amide bonds. The lowest BCUT2D eigenvalue weighted by atomic mass is 10.1. The molecule has 3 heterocycles. The first-order chi connectivity index (χ1) is 13.3. The van der Waals surface area contributed by atoms with Crippen LogP contribution in [0.2, 0.25) is 0 Å². The number of rotatable bonds is 3. The van der Waals surface area contributed by atoms with Gasteiger partial charge in [0.05, 0.1) is 29.3 Å². The number of benzene rings is 2. The molecule has 5 aromatic rings. The molecule has 2 N–H and O–H groups in total. The molecule has 5 rings (SSSR count). The van der Waals surface area contributed by atoms with Crippen LogP contribution in [0.15, 0.2) is 85.2 Å². The fraction of sp³-hybridized carbons (Fsp3) is 0.0455. The van der Waals surface area contributed by atoms with Crippen LogP contribution in [0.4, 0.5) is 0 Å². The average molecular weight is 351 g/mol. The van der Waals surface area contributed by atoms with Crippen molar-refractivity contribution in [2.24, 2.45) is 5.73 Å². The molecule has 27 heavy (non-hydrogen) atoms. The third kappa shape index (κ3) is 2.74. The zero-order valence-electron chi connectivity index (χ0n) is 14.5. The van der Waals surface area contributed by atoms with Gasteiger partial charge < -0.3 is 5.73 Å². The van der Waals surface area contributed by atoms with Crippen molar-refractivity contribution in [2.45, 2.75) is 6.04 Å². The molecule has 0 fully saturated rings. The minimum Gasteiger partial charge on any atom is -0.318 e. The molecule has 3 aromatic heterocycles. The van der Waals surface area contributed by atoms with Crippen LogP contribution in [-0.2, 0) is 0 Å². The minimum absolute atomic E-state index is 0.387. The molecule has 0 saturated carbocycles. The lowest BCUT2D eigenvalue weighted by molar-refractivity contribution is 0.750. The summed E-state index contributed by atoms with van der Waals surface area (Å²) >= 11 is 0. The van der Waals surface area contributed by atoms with Crippen LogP contribution in [0, 0.1) is 0 Å². The lowest BCUT2D eigenvalue weighted by Gasteiger charge is -2.11. The summed E-state index contributed by atoms with van der Waals surface area (Å²) < 4.78 is 1.85. The van der Waals surface area contributed by atoms with Gasteiger partial charge in [-0.2, -0.15) is 5.10 Å². The fourth-order valence-corrected chi connectivity index (χ4v) is 3.31. The maximum Gasteiger partial charge on any atom is 0.154 e. The number of hydrogen-bond acceptors (Lipinski definition) is 4. The molecule has 2 aromatic carbocycles. The first-order valence-electron chi connectivity index (χ1n) is 8.80. The molecular formula is C22H17N5. The van der Waals surface area contributed by atoms with Crippen molar-refractivity contribution in [3.8, 4) is 11.3 Å². The molecule has 0 aliphatic heterocycles. The molecule has 0 aliphatic carbocycles. The van der Waals surface area contributed by atoms with Crippen molar-refractivity contribution in [3.63, 3.8) is 0 Å². The average Bonchev–Trinajstić information content (AvgIpc) is 3.16. The van der Waals surface area contributed by atoms with Crippen molar-refractivity contribution in [2.75, 3.05) is 0 Å². The largest absolute Gasteiger partial charge is 0.318 e. The molecule has 0 spiro atoms. The number of aromatic nitrogens is 4. The summed E-state index contributed by atoms with van der Waals surface area (Å²) in [6.45, 7) is 0.